The van der Waals surface area contributed by atoms with Crippen LogP contribution in [-0.2, 0) is 23.1 Å². The Balaban J connectivity index is 1.99. The molecule has 162 valence electrons. The predicted molar refractivity (Wildman–Crippen MR) is 106 cm³/mol. The molecule has 0 aliphatic rings. The number of hydrogen-bond donors (Lipinski definition) is 0. The van der Waals surface area contributed by atoms with Crippen LogP contribution in [0.5, 0.6) is 0 Å². The number of hydrogen-bond acceptors (Lipinski definition) is 6. The number of imidazole rings is 1. The number of pyridine rings is 1. The summed E-state index contributed by atoms with van der Waals surface area (Å²) in [6.07, 6.45) is -3.09. The molecule has 0 aliphatic heterocycles. The summed E-state index contributed by atoms with van der Waals surface area (Å²) in [5, 5.41) is 4.17. The van der Waals surface area contributed by atoms with E-state index in [1.165, 1.54) is 40.7 Å². The van der Waals surface area contributed by atoms with E-state index in [0.29, 0.717) is 17.2 Å². The molecule has 3 aromatic heterocycles. The van der Waals surface area contributed by atoms with Gasteiger partial charge in [-0.1, -0.05) is 6.92 Å². The third kappa shape index (κ3) is 3.67. The molecule has 0 amide bonds. The lowest BCUT2D eigenvalue weighted by Crippen LogP contribution is -2.10. The van der Waals surface area contributed by atoms with Crippen LogP contribution in [0, 0.1) is 6.92 Å². The van der Waals surface area contributed by atoms with Gasteiger partial charge < -0.3 is 4.57 Å². The Hall–Kier alpha value is -3.28. The minimum atomic E-state index is -4.52. The zero-order valence-corrected chi connectivity index (χ0v) is 17.5. The maximum atomic E-state index is 13.1. The number of alkyl halides is 3. The van der Waals surface area contributed by atoms with E-state index in [0.717, 1.165) is 12.1 Å². The highest BCUT2D eigenvalue weighted by Gasteiger charge is 2.31. The largest absolute Gasteiger partial charge is 0.416 e. The SMILES string of the molecule is CCS(=O)(=O)c1ccc(-n2cnc(C)n2)nc1-c1nc2cc(C(F)(F)F)ccc2n1C. The van der Waals surface area contributed by atoms with Crippen LogP contribution in [0.1, 0.15) is 18.3 Å². The summed E-state index contributed by atoms with van der Waals surface area (Å²) in [6.45, 7) is 3.19. The highest BCUT2D eigenvalue weighted by molar-refractivity contribution is 7.91. The Morgan fingerprint density at radius 1 is 1.10 bits per heavy atom. The number of sulfone groups is 1. The average molecular weight is 450 g/mol. The summed E-state index contributed by atoms with van der Waals surface area (Å²) in [4.78, 5) is 12.7. The number of halogens is 3. The molecule has 0 spiro atoms. The number of nitrogens with zero attached hydrogens (tertiary/aromatic N) is 6. The zero-order chi connectivity index (χ0) is 22.6. The molecule has 4 aromatic rings. The molecule has 0 unspecified atom stereocenters. The van der Waals surface area contributed by atoms with Crippen molar-refractivity contribution < 1.29 is 21.6 Å². The number of rotatable bonds is 4. The van der Waals surface area contributed by atoms with E-state index < -0.39 is 21.6 Å². The maximum Gasteiger partial charge on any atom is 0.416 e. The minimum absolute atomic E-state index is 0.0276. The molecule has 4 rings (SSSR count). The second-order valence-electron chi connectivity index (χ2n) is 6.85. The maximum absolute atomic E-state index is 13.1. The molecule has 1 aromatic carbocycles. The van der Waals surface area contributed by atoms with Crippen molar-refractivity contribution in [1.82, 2.24) is 29.3 Å². The van der Waals surface area contributed by atoms with Crippen molar-refractivity contribution in [3.63, 3.8) is 0 Å². The first kappa shape index (κ1) is 21.0. The quantitative estimate of drug-likeness (QED) is 0.473. The second kappa shape index (κ2) is 7.15. The van der Waals surface area contributed by atoms with Crippen LogP contribution in [-0.4, -0.2) is 43.5 Å². The fourth-order valence-corrected chi connectivity index (χ4v) is 4.19. The summed E-state index contributed by atoms with van der Waals surface area (Å²) in [5.74, 6) is 0.746. The monoisotopic (exact) mass is 450 g/mol. The highest BCUT2D eigenvalue weighted by atomic mass is 32.2. The van der Waals surface area contributed by atoms with Gasteiger partial charge in [-0.25, -0.2) is 28.1 Å². The summed E-state index contributed by atoms with van der Waals surface area (Å²) >= 11 is 0. The number of benzene rings is 1. The molecule has 0 saturated carbocycles. The Bertz CT molecular complexity index is 1410. The first-order valence-electron chi connectivity index (χ1n) is 9.17. The predicted octanol–water partition coefficient (Wildman–Crippen LogP) is 3.34. The molecule has 8 nitrogen and oxygen atoms in total. The number of aromatic nitrogens is 6. The molecule has 0 saturated heterocycles. The van der Waals surface area contributed by atoms with Gasteiger partial charge in [-0.05, 0) is 37.3 Å². The van der Waals surface area contributed by atoms with Crippen LogP contribution >= 0.6 is 0 Å². The van der Waals surface area contributed by atoms with E-state index in [1.807, 2.05) is 0 Å². The van der Waals surface area contributed by atoms with Gasteiger partial charge in [0, 0.05) is 7.05 Å². The lowest BCUT2D eigenvalue weighted by Gasteiger charge is -2.11. The first-order valence-corrected chi connectivity index (χ1v) is 10.8. The standard InChI is InChI=1S/C19H17F3N6O2S/c1-4-31(29,30)15-7-8-16(28-10-23-11(2)26-28)25-17(15)18-24-13-9-12(19(20,21)22)5-6-14(13)27(18)3/h5-10H,4H2,1-3H3. The van der Waals surface area contributed by atoms with Crippen LogP contribution in [0.25, 0.3) is 28.4 Å². The molecule has 0 fully saturated rings. The second-order valence-corrected chi connectivity index (χ2v) is 9.10. The molecule has 0 atom stereocenters. The van der Waals surface area contributed by atoms with Gasteiger partial charge in [-0.15, -0.1) is 0 Å². The van der Waals surface area contributed by atoms with E-state index in [1.54, 1.807) is 14.0 Å². The minimum Gasteiger partial charge on any atom is -0.326 e. The fourth-order valence-electron chi connectivity index (χ4n) is 3.17. The lowest BCUT2D eigenvalue weighted by molar-refractivity contribution is -0.137. The average Bonchev–Trinajstić information content (AvgIpc) is 3.30. The van der Waals surface area contributed by atoms with Crippen LogP contribution in [0.4, 0.5) is 13.2 Å². The van der Waals surface area contributed by atoms with Gasteiger partial charge in [0.1, 0.15) is 17.8 Å². The molecule has 31 heavy (non-hydrogen) atoms. The van der Waals surface area contributed by atoms with Crippen LogP contribution in [0.15, 0.2) is 41.6 Å². The molecule has 0 radical (unpaired) electrons. The summed E-state index contributed by atoms with van der Waals surface area (Å²) in [5.41, 5.74) is -0.326. The van der Waals surface area contributed by atoms with E-state index in [4.69, 9.17) is 0 Å². The van der Waals surface area contributed by atoms with Crippen LogP contribution in [0.3, 0.4) is 0 Å². The fraction of sp³-hybridized carbons (Fsp3) is 0.263. The molecule has 3 heterocycles. The van der Waals surface area contributed by atoms with Crippen molar-refractivity contribution in [3.05, 3.63) is 48.0 Å². The smallest absolute Gasteiger partial charge is 0.326 e. The van der Waals surface area contributed by atoms with Crippen molar-refractivity contribution >= 4 is 20.9 Å². The van der Waals surface area contributed by atoms with Crippen molar-refractivity contribution in [2.24, 2.45) is 7.05 Å². The van der Waals surface area contributed by atoms with E-state index in [9.17, 15) is 21.6 Å². The van der Waals surface area contributed by atoms with E-state index >= 15 is 0 Å². The van der Waals surface area contributed by atoms with Crippen molar-refractivity contribution in [3.8, 4) is 17.3 Å². The third-order valence-electron chi connectivity index (χ3n) is 4.82. The van der Waals surface area contributed by atoms with E-state index in [-0.39, 0.29) is 27.7 Å². The van der Waals surface area contributed by atoms with Crippen LogP contribution < -0.4 is 0 Å². The first-order chi connectivity index (χ1) is 14.5. The van der Waals surface area contributed by atoms with Gasteiger partial charge in [0.2, 0.25) is 0 Å². The van der Waals surface area contributed by atoms with Crippen molar-refractivity contribution in [2.75, 3.05) is 5.75 Å². The van der Waals surface area contributed by atoms with Gasteiger partial charge in [0.25, 0.3) is 0 Å². The van der Waals surface area contributed by atoms with Crippen molar-refractivity contribution in [2.45, 2.75) is 24.9 Å². The molecule has 12 heteroatoms. The normalized spacial score (nSPS) is 12.6. The summed E-state index contributed by atoms with van der Waals surface area (Å²) in [6, 6.07) is 6.07. The van der Waals surface area contributed by atoms with Gasteiger partial charge in [0.05, 0.1) is 27.2 Å². The Morgan fingerprint density at radius 3 is 2.45 bits per heavy atom. The van der Waals surface area contributed by atoms with Gasteiger partial charge in [-0.3, -0.25) is 0 Å². The highest BCUT2D eigenvalue weighted by Crippen LogP contribution is 2.34. The van der Waals surface area contributed by atoms with Gasteiger partial charge in [0.15, 0.2) is 21.5 Å². The molecular weight excluding hydrogens is 433 g/mol. The zero-order valence-electron chi connectivity index (χ0n) is 16.7. The third-order valence-corrected chi connectivity index (χ3v) is 6.58. The van der Waals surface area contributed by atoms with Gasteiger partial charge in [-0.2, -0.15) is 18.3 Å². The summed E-state index contributed by atoms with van der Waals surface area (Å²) < 4.78 is 67.6. The number of aryl methyl sites for hydroxylation is 2. The molecule has 0 N–H and O–H groups in total. The summed E-state index contributed by atoms with van der Waals surface area (Å²) in [7, 11) is -2.11. The van der Waals surface area contributed by atoms with Gasteiger partial charge >= 0.3 is 6.18 Å². The van der Waals surface area contributed by atoms with E-state index in [2.05, 4.69) is 20.1 Å². The Labute approximate surface area is 175 Å². The number of fused-ring (bicyclic) bond motifs is 1. The van der Waals surface area contributed by atoms with Crippen molar-refractivity contribution in [1.29, 1.82) is 0 Å². The van der Waals surface area contributed by atoms with Crippen LogP contribution in [0.2, 0.25) is 0 Å². The molecule has 0 bridgehead atoms. The molecular formula is C19H17F3N6O2S. The molecule has 0 aliphatic carbocycles. The Kier molecular flexibility index (Phi) is 4.84. The Morgan fingerprint density at radius 2 is 1.84 bits per heavy atom. The topological polar surface area (TPSA) is 95.6 Å². The lowest BCUT2D eigenvalue weighted by atomic mass is 10.2.